The van der Waals surface area contributed by atoms with Crippen molar-refractivity contribution < 1.29 is 35.2 Å². The van der Waals surface area contributed by atoms with Gasteiger partial charge in [0.2, 0.25) is 0 Å². The fourth-order valence-corrected chi connectivity index (χ4v) is 4.44. The third-order valence-corrected chi connectivity index (χ3v) is 5.81. The molecule has 0 aliphatic heterocycles. The van der Waals surface area contributed by atoms with Crippen molar-refractivity contribution in [3.63, 3.8) is 0 Å². The van der Waals surface area contributed by atoms with Crippen LogP contribution in [0.1, 0.15) is 34.1 Å². The SMILES string of the molecule is CCC[Si](OCC)(OCC)OC(C)C(F)(F)C(F)(F)F. The van der Waals surface area contributed by atoms with Gasteiger partial charge in [-0.3, -0.25) is 0 Å². The van der Waals surface area contributed by atoms with Crippen LogP contribution in [0.25, 0.3) is 0 Å². The van der Waals surface area contributed by atoms with Crippen molar-refractivity contribution in [3.8, 4) is 0 Å². The number of alkyl halides is 5. The maximum Gasteiger partial charge on any atom is 0.501 e. The summed E-state index contributed by atoms with van der Waals surface area (Å²) in [5.74, 6) is -4.95. The van der Waals surface area contributed by atoms with E-state index in [0.717, 1.165) is 0 Å². The van der Waals surface area contributed by atoms with Gasteiger partial charge in [-0.25, -0.2) is 0 Å². The molecule has 1 unspecified atom stereocenters. The Labute approximate surface area is 116 Å². The lowest BCUT2D eigenvalue weighted by Crippen LogP contribution is -2.55. The van der Waals surface area contributed by atoms with E-state index < -0.39 is 27.0 Å². The predicted molar refractivity (Wildman–Crippen MR) is 65.7 cm³/mol. The smallest absolute Gasteiger partial charge is 0.374 e. The van der Waals surface area contributed by atoms with E-state index in [-0.39, 0.29) is 19.3 Å². The first-order valence-electron chi connectivity index (χ1n) is 6.46. The molecular formula is C11H21F5O3Si. The minimum atomic E-state index is -5.67. The zero-order valence-electron chi connectivity index (χ0n) is 12.0. The van der Waals surface area contributed by atoms with Crippen molar-refractivity contribution in [1.29, 1.82) is 0 Å². The lowest BCUT2D eigenvalue weighted by Gasteiger charge is -2.34. The molecule has 0 bridgehead atoms. The first kappa shape index (κ1) is 19.7. The summed E-state index contributed by atoms with van der Waals surface area (Å²) in [6.07, 6.45) is -7.54. The van der Waals surface area contributed by atoms with Gasteiger partial charge in [-0.05, 0) is 20.8 Å². The van der Waals surface area contributed by atoms with Gasteiger partial charge in [-0.2, -0.15) is 22.0 Å². The fraction of sp³-hybridized carbons (Fsp3) is 1.00. The van der Waals surface area contributed by atoms with Gasteiger partial charge in [-0.1, -0.05) is 13.3 Å². The third-order valence-electron chi connectivity index (χ3n) is 2.53. The molecule has 0 aromatic carbocycles. The number of hydrogen-bond acceptors (Lipinski definition) is 3. The van der Waals surface area contributed by atoms with Gasteiger partial charge in [0.05, 0.1) is 0 Å². The summed E-state index contributed by atoms with van der Waals surface area (Å²) in [6.45, 7) is 5.88. The Hall–Kier alpha value is -0.253. The minimum Gasteiger partial charge on any atom is -0.374 e. The lowest BCUT2D eigenvalue weighted by atomic mass is 10.2. The maximum absolute atomic E-state index is 13.2. The highest BCUT2D eigenvalue weighted by Crippen LogP contribution is 2.40. The van der Waals surface area contributed by atoms with Crippen LogP contribution in [-0.2, 0) is 13.3 Å². The zero-order chi connectivity index (χ0) is 16.0. The molecular weight excluding hydrogens is 303 g/mol. The molecule has 0 N–H and O–H groups in total. The number of hydrogen-bond donors (Lipinski definition) is 0. The summed E-state index contributed by atoms with van der Waals surface area (Å²) in [7, 11) is -3.53. The van der Waals surface area contributed by atoms with E-state index in [0.29, 0.717) is 13.3 Å². The van der Waals surface area contributed by atoms with Crippen LogP contribution in [-0.4, -0.2) is 40.2 Å². The summed E-state index contributed by atoms with van der Waals surface area (Å²) in [5, 5.41) is 0. The van der Waals surface area contributed by atoms with Crippen LogP contribution < -0.4 is 0 Å². The molecule has 0 aliphatic carbocycles. The average molecular weight is 324 g/mol. The van der Waals surface area contributed by atoms with Gasteiger partial charge in [-0.15, -0.1) is 0 Å². The standard InChI is InChI=1S/C11H21F5O3Si/c1-5-8-20(17-6-2,18-7-3)19-9(4)10(12,13)11(14,15)16/h9H,5-8H2,1-4H3. The molecule has 0 fully saturated rings. The van der Waals surface area contributed by atoms with Crippen molar-refractivity contribution >= 4 is 8.80 Å². The molecule has 0 aromatic rings. The molecule has 0 heterocycles. The summed E-state index contributed by atoms with van der Waals surface area (Å²) in [4.78, 5) is 0. The highest BCUT2D eigenvalue weighted by atomic mass is 28.4. The van der Waals surface area contributed by atoms with Crippen LogP contribution in [0, 0.1) is 0 Å². The fourth-order valence-electron chi connectivity index (χ4n) is 1.63. The first-order valence-corrected chi connectivity index (χ1v) is 8.39. The van der Waals surface area contributed by atoms with Gasteiger partial charge in [0.15, 0.2) is 0 Å². The Morgan fingerprint density at radius 2 is 1.40 bits per heavy atom. The van der Waals surface area contributed by atoms with E-state index in [1.165, 1.54) is 0 Å². The second-order valence-corrected chi connectivity index (χ2v) is 6.86. The topological polar surface area (TPSA) is 27.7 Å². The van der Waals surface area contributed by atoms with Gasteiger partial charge in [0, 0.05) is 19.3 Å². The molecule has 0 saturated carbocycles. The van der Waals surface area contributed by atoms with Gasteiger partial charge < -0.3 is 13.3 Å². The summed E-state index contributed by atoms with van der Waals surface area (Å²) in [6, 6.07) is 0.187. The van der Waals surface area contributed by atoms with Gasteiger partial charge in [0.1, 0.15) is 6.10 Å². The Morgan fingerprint density at radius 1 is 0.950 bits per heavy atom. The first-order chi connectivity index (χ1) is 9.06. The molecule has 9 heteroatoms. The molecule has 20 heavy (non-hydrogen) atoms. The van der Waals surface area contributed by atoms with Crippen LogP contribution in [0.3, 0.4) is 0 Å². The Bertz CT molecular complexity index is 269. The van der Waals surface area contributed by atoms with Crippen LogP contribution in [0.5, 0.6) is 0 Å². The predicted octanol–water partition coefficient (Wildman–Crippen LogP) is 4.01. The molecule has 3 nitrogen and oxygen atoms in total. The molecule has 0 aliphatic rings. The quantitative estimate of drug-likeness (QED) is 0.474. The molecule has 1 atom stereocenters. The van der Waals surface area contributed by atoms with Crippen LogP contribution in [0.2, 0.25) is 6.04 Å². The summed E-state index contributed by atoms with van der Waals surface area (Å²) in [5.41, 5.74) is 0. The second kappa shape index (κ2) is 7.67. The Balaban J connectivity index is 5.14. The molecule has 0 saturated heterocycles. The van der Waals surface area contributed by atoms with Crippen molar-refractivity contribution in [3.05, 3.63) is 0 Å². The Kier molecular flexibility index (Phi) is 7.57. The monoisotopic (exact) mass is 324 g/mol. The average Bonchev–Trinajstić information content (AvgIpc) is 2.28. The lowest BCUT2D eigenvalue weighted by molar-refractivity contribution is -0.310. The van der Waals surface area contributed by atoms with E-state index >= 15 is 0 Å². The van der Waals surface area contributed by atoms with Crippen molar-refractivity contribution in [2.75, 3.05) is 13.2 Å². The highest BCUT2D eigenvalue weighted by molar-refractivity contribution is 6.60. The van der Waals surface area contributed by atoms with Crippen molar-refractivity contribution in [1.82, 2.24) is 0 Å². The van der Waals surface area contributed by atoms with Crippen LogP contribution in [0.4, 0.5) is 22.0 Å². The van der Waals surface area contributed by atoms with Crippen LogP contribution in [0.15, 0.2) is 0 Å². The van der Waals surface area contributed by atoms with Crippen molar-refractivity contribution in [2.45, 2.75) is 58.4 Å². The van der Waals surface area contributed by atoms with E-state index in [9.17, 15) is 22.0 Å². The maximum atomic E-state index is 13.2. The minimum absolute atomic E-state index is 0.122. The number of rotatable bonds is 9. The summed E-state index contributed by atoms with van der Waals surface area (Å²) < 4.78 is 79.0. The van der Waals surface area contributed by atoms with E-state index in [4.69, 9.17) is 13.3 Å². The van der Waals surface area contributed by atoms with E-state index in [2.05, 4.69) is 0 Å². The second-order valence-electron chi connectivity index (χ2n) is 4.18. The molecule has 0 amide bonds. The molecule has 0 aromatic heterocycles. The normalized spacial score (nSPS) is 15.4. The van der Waals surface area contributed by atoms with E-state index in [1.807, 2.05) is 0 Å². The molecule has 0 spiro atoms. The molecule has 0 radical (unpaired) electrons. The van der Waals surface area contributed by atoms with Crippen molar-refractivity contribution in [2.24, 2.45) is 0 Å². The highest BCUT2D eigenvalue weighted by Gasteiger charge is 2.63. The zero-order valence-corrected chi connectivity index (χ0v) is 13.0. The van der Waals surface area contributed by atoms with Gasteiger partial charge in [0.25, 0.3) is 0 Å². The molecule has 122 valence electrons. The van der Waals surface area contributed by atoms with E-state index in [1.54, 1.807) is 20.8 Å². The summed E-state index contributed by atoms with van der Waals surface area (Å²) >= 11 is 0. The number of halogens is 5. The Morgan fingerprint density at radius 3 is 1.70 bits per heavy atom. The van der Waals surface area contributed by atoms with Gasteiger partial charge >= 0.3 is 20.9 Å². The van der Waals surface area contributed by atoms with Crippen LogP contribution >= 0.6 is 0 Å². The largest absolute Gasteiger partial charge is 0.501 e. The third kappa shape index (κ3) is 4.94. The molecule has 0 rings (SSSR count).